The Labute approximate surface area is 129 Å². The van der Waals surface area contributed by atoms with E-state index in [-0.39, 0.29) is 26.7 Å². The lowest BCUT2D eigenvalue weighted by atomic mass is 9.88. The second-order valence-electron chi connectivity index (χ2n) is 5.35. The number of rotatable bonds is 3. The van der Waals surface area contributed by atoms with E-state index in [1.165, 1.54) is 12.1 Å². The van der Waals surface area contributed by atoms with Crippen molar-refractivity contribution in [3.05, 3.63) is 22.2 Å². The van der Waals surface area contributed by atoms with E-state index < -0.39 is 10.0 Å². The number of benzene rings is 1. The summed E-state index contributed by atoms with van der Waals surface area (Å²) in [6.45, 7) is 2.18. The molecule has 1 aliphatic carbocycles. The first-order valence-electron chi connectivity index (χ1n) is 6.57. The first-order valence-corrected chi connectivity index (χ1v) is 8.81. The largest absolute Gasteiger partial charge is 0.396 e. The summed E-state index contributed by atoms with van der Waals surface area (Å²) in [6, 6.07) is 2.79. The minimum absolute atomic E-state index is 0.0142. The molecule has 2 rings (SSSR count). The molecule has 0 radical (unpaired) electrons. The van der Waals surface area contributed by atoms with Gasteiger partial charge in [0.2, 0.25) is 10.0 Å². The zero-order valence-electron chi connectivity index (χ0n) is 11.2. The van der Waals surface area contributed by atoms with Crippen LogP contribution in [0.2, 0.25) is 10.0 Å². The molecular formula is C13H18Cl2N2O2S. The van der Waals surface area contributed by atoms with Crippen LogP contribution in [0.25, 0.3) is 0 Å². The second-order valence-corrected chi connectivity index (χ2v) is 7.82. The molecule has 0 unspecified atom stereocenters. The van der Waals surface area contributed by atoms with Gasteiger partial charge in [0.25, 0.3) is 0 Å². The fraction of sp³-hybridized carbons (Fsp3) is 0.538. The molecule has 0 amide bonds. The van der Waals surface area contributed by atoms with Crippen molar-refractivity contribution in [3.8, 4) is 0 Å². The van der Waals surface area contributed by atoms with Gasteiger partial charge < -0.3 is 5.73 Å². The van der Waals surface area contributed by atoms with Gasteiger partial charge in [0.15, 0.2) is 0 Å². The smallest absolute Gasteiger partial charge is 0.242 e. The van der Waals surface area contributed by atoms with E-state index in [1.807, 2.05) is 0 Å². The van der Waals surface area contributed by atoms with Gasteiger partial charge in [-0.3, -0.25) is 0 Å². The number of hydrogen-bond donors (Lipinski definition) is 2. The molecule has 0 saturated heterocycles. The summed E-state index contributed by atoms with van der Waals surface area (Å²) < 4.78 is 27.5. The predicted molar refractivity (Wildman–Crippen MR) is 82.6 cm³/mol. The van der Waals surface area contributed by atoms with E-state index in [9.17, 15) is 8.42 Å². The van der Waals surface area contributed by atoms with E-state index in [0.29, 0.717) is 5.92 Å². The number of nitrogens with two attached hydrogens (primary N) is 1. The zero-order chi connectivity index (χ0) is 14.9. The van der Waals surface area contributed by atoms with Gasteiger partial charge in [0.05, 0.1) is 15.7 Å². The lowest BCUT2D eigenvalue weighted by molar-refractivity contribution is 0.332. The molecule has 0 bridgehead atoms. The quantitative estimate of drug-likeness (QED) is 0.830. The number of halogens is 2. The van der Waals surface area contributed by atoms with Gasteiger partial charge in [-0.15, -0.1) is 0 Å². The number of hydrogen-bond acceptors (Lipinski definition) is 3. The Balaban J connectivity index is 2.21. The Bertz CT molecular complexity index is 597. The standard InChI is InChI=1S/C13H18Cl2N2O2S/c1-8-2-4-9(5-3-8)17-20(18,19)11-7-6-10(14)13(16)12(11)15/h6-9,17H,2-5,16H2,1H3. The molecule has 1 saturated carbocycles. The molecule has 1 fully saturated rings. The Morgan fingerprint density at radius 2 is 1.80 bits per heavy atom. The monoisotopic (exact) mass is 336 g/mol. The Hall–Kier alpha value is -0.490. The Morgan fingerprint density at radius 3 is 2.40 bits per heavy atom. The third-order valence-electron chi connectivity index (χ3n) is 3.72. The molecule has 1 aliphatic rings. The van der Waals surface area contributed by atoms with E-state index in [4.69, 9.17) is 28.9 Å². The lowest BCUT2D eigenvalue weighted by Gasteiger charge is -2.26. The minimum Gasteiger partial charge on any atom is -0.396 e. The average molecular weight is 337 g/mol. The van der Waals surface area contributed by atoms with Gasteiger partial charge in [-0.1, -0.05) is 30.1 Å². The normalized spacial score (nSPS) is 23.8. The van der Waals surface area contributed by atoms with Crippen molar-refractivity contribution in [3.63, 3.8) is 0 Å². The van der Waals surface area contributed by atoms with Crippen LogP contribution in [0.3, 0.4) is 0 Å². The van der Waals surface area contributed by atoms with Crippen molar-refractivity contribution in [2.75, 3.05) is 5.73 Å². The van der Waals surface area contributed by atoms with E-state index >= 15 is 0 Å². The molecule has 1 aromatic rings. The predicted octanol–water partition coefficient (Wildman–Crippen LogP) is 3.43. The third kappa shape index (κ3) is 3.39. The van der Waals surface area contributed by atoms with Gasteiger partial charge in [0.1, 0.15) is 4.90 Å². The fourth-order valence-electron chi connectivity index (χ4n) is 2.42. The van der Waals surface area contributed by atoms with E-state index in [1.54, 1.807) is 0 Å². The number of sulfonamides is 1. The highest BCUT2D eigenvalue weighted by molar-refractivity contribution is 7.89. The van der Waals surface area contributed by atoms with Crippen molar-refractivity contribution in [1.82, 2.24) is 4.72 Å². The highest BCUT2D eigenvalue weighted by Crippen LogP contribution is 2.33. The molecule has 4 nitrogen and oxygen atoms in total. The summed E-state index contributed by atoms with van der Waals surface area (Å²) >= 11 is 11.8. The topological polar surface area (TPSA) is 72.2 Å². The molecule has 0 aliphatic heterocycles. The summed E-state index contributed by atoms with van der Waals surface area (Å²) in [5.41, 5.74) is 5.77. The molecule has 0 spiro atoms. The molecule has 0 atom stereocenters. The molecule has 7 heteroatoms. The molecule has 0 aromatic heterocycles. The van der Waals surface area contributed by atoms with Crippen LogP contribution in [0.1, 0.15) is 32.6 Å². The molecule has 3 N–H and O–H groups in total. The van der Waals surface area contributed by atoms with Crippen LogP contribution in [0.4, 0.5) is 5.69 Å². The Kier molecular flexibility index (Phi) is 4.84. The average Bonchev–Trinajstić information content (AvgIpc) is 2.38. The van der Waals surface area contributed by atoms with Crippen LogP contribution in [0.5, 0.6) is 0 Å². The minimum atomic E-state index is -3.67. The SMILES string of the molecule is CC1CCC(NS(=O)(=O)c2ccc(Cl)c(N)c2Cl)CC1. The number of nitrogen functional groups attached to an aromatic ring is 1. The number of anilines is 1. The van der Waals surface area contributed by atoms with E-state index in [0.717, 1.165) is 25.7 Å². The molecule has 112 valence electrons. The zero-order valence-corrected chi connectivity index (χ0v) is 13.5. The van der Waals surface area contributed by atoms with Crippen LogP contribution in [-0.2, 0) is 10.0 Å². The van der Waals surface area contributed by atoms with Gasteiger partial charge in [0, 0.05) is 6.04 Å². The van der Waals surface area contributed by atoms with Crippen molar-refractivity contribution in [2.24, 2.45) is 5.92 Å². The highest BCUT2D eigenvalue weighted by atomic mass is 35.5. The highest BCUT2D eigenvalue weighted by Gasteiger charge is 2.26. The van der Waals surface area contributed by atoms with Crippen LogP contribution in [0, 0.1) is 5.92 Å². The Morgan fingerprint density at radius 1 is 1.20 bits per heavy atom. The van der Waals surface area contributed by atoms with Gasteiger partial charge in [-0.05, 0) is 43.7 Å². The van der Waals surface area contributed by atoms with E-state index in [2.05, 4.69) is 11.6 Å². The van der Waals surface area contributed by atoms with Crippen molar-refractivity contribution in [1.29, 1.82) is 0 Å². The summed E-state index contributed by atoms with van der Waals surface area (Å²) in [5.74, 6) is 0.658. The number of nitrogens with one attached hydrogen (secondary N) is 1. The third-order valence-corrected chi connectivity index (χ3v) is 6.13. The summed E-state index contributed by atoms with van der Waals surface area (Å²) in [7, 11) is -3.67. The summed E-state index contributed by atoms with van der Waals surface area (Å²) in [5, 5.41) is 0.231. The van der Waals surface area contributed by atoms with Gasteiger partial charge in [-0.2, -0.15) is 0 Å². The maximum absolute atomic E-state index is 12.4. The first-order chi connectivity index (χ1) is 9.31. The van der Waals surface area contributed by atoms with Crippen molar-refractivity contribution < 1.29 is 8.42 Å². The van der Waals surface area contributed by atoms with Crippen molar-refractivity contribution in [2.45, 2.75) is 43.5 Å². The van der Waals surface area contributed by atoms with Crippen LogP contribution in [-0.4, -0.2) is 14.5 Å². The van der Waals surface area contributed by atoms with Gasteiger partial charge in [-0.25, -0.2) is 13.1 Å². The second kappa shape index (κ2) is 6.10. The molecule has 0 heterocycles. The maximum atomic E-state index is 12.4. The maximum Gasteiger partial charge on any atom is 0.242 e. The molecular weight excluding hydrogens is 319 g/mol. The van der Waals surface area contributed by atoms with Gasteiger partial charge >= 0.3 is 0 Å². The molecule has 20 heavy (non-hydrogen) atoms. The lowest BCUT2D eigenvalue weighted by Crippen LogP contribution is -2.37. The fourth-order valence-corrected chi connectivity index (χ4v) is 4.49. The van der Waals surface area contributed by atoms with Crippen LogP contribution >= 0.6 is 23.2 Å². The summed E-state index contributed by atoms with van der Waals surface area (Å²) in [6.07, 6.45) is 3.76. The summed E-state index contributed by atoms with van der Waals surface area (Å²) in [4.78, 5) is -0.0142. The molecule has 1 aromatic carbocycles. The first kappa shape index (κ1) is 15.9. The van der Waals surface area contributed by atoms with Crippen LogP contribution in [0.15, 0.2) is 17.0 Å². The van der Waals surface area contributed by atoms with Crippen LogP contribution < -0.4 is 10.5 Å². The van der Waals surface area contributed by atoms with Crippen molar-refractivity contribution >= 4 is 38.9 Å².